The number of nitrogens with one attached hydrogen (secondary N) is 2. The van der Waals surface area contributed by atoms with Crippen molar-refractivity contribution >= 4 is 58.2 Å². The van der Waals surface area contributed by atoms with Crippen LogP contribution >= 0.6 is 34.8 Å². The summed E-state index contributed by atoms with van der Waals surface area (Å²) in [4.78, 5) is 39.0. The summed E-state index contributed by atoms with van der Waals surface area (Å²) in [5, 5.41) is 6.70. The Morgan fingerprint density at radius 3 is 2.31 bits per heavy atom. The molecule has 3 amide bonds. The van der Waals surface area contributed by atoms with Gasteiger partial charge in [0.2, 0.25) is 0 Å². The molecule has 3 aromatic rings. The van der Waals surface area contributed by atoms with Crippen molar-refractivity contribution in [2.45, 2.75) is 20.0 Å². The van der Waals surface area contributed by atoms with E-state index in [-0.39, 0.29) is 29.7 Å². The van der Waals surface area contributed by atoms with Crippen LogP contribution in [0.15, 0.2) is 77.5 Å². The van der Waals surface area contributed by atoms with E-state index in [9.17, 15) is 14.4 Å². The van der Waals surface area contributed by atoms with Crippen LogP contribution in [-0.2, 0) is 22.7 Å². The summed E-state index contributed by atoms with van der Waals surface area (Å²) in [6, 6.07) is 19.1. The zero-order valence-electron chi connectivity index (χ0n) is 18.6. The second-order valence-corrected chi connectivity index (χ2v) is 9.16. The Morgan fingerprint density at radius 1 is 0.914 bits per heavy atom. The van der Waals surface area contributed by atoms with Crippen molar-refractivity contribution in [1.82, 2.24) is 10.2 Å². The third kappa shape index (κ3) is 5.51. The van der Waals surface area contributed by atoms with E-state index < -0.39 is 11.8 Å². The van der Waals surface area contributed by atoms with Crippen LogP contribution in [0.3, 0.4) is 0 Å². The van der Waals surface area contributed by atoms with Crippen molar-refractivity contribution in [2.24, 2.45) is 0 Å². The number of hydrogen-bond donors (Lipinski definition) is 2. The number of halogens is 3. The van der Waals surface area contributed by atoms with Crippen molar-refractivity contribution < 1.29 is 14.4 Å². The van der Waals surface area contributed by atoms with Gasteiger partial charge in [0, 0.05) is 27.8 Å². The average Bonchev–Trinajstić information content (AvgIpc) is 3.04. The molecule has 0 atom stereocenters. The van der Waals surface area contributed by atoms with Crippen LogP contribution in [-0.4, -0.2) is 22.6 Å². The molecular weight excluding hydrogens is 509 g/mol. The van der Waals surface area contributed by atoms with Crippen molar-refractivity contribution in [2.75, 3.05) is 5.32 Å². The minimum absolute atomic E-state index is 0.0235. The number of carbonyl (C=O) groups is 3. The smallest absolute Gasteiger partial charge is 0.278 e. The first-order chi connectivity index (χ1) is 16.7. The van der Waals surface area contributed by atoms with E-state index >= 15 is 0 Å². The van der Waals surface area contributed by atoms with Gasteiger partial charge in [-0.3, -0.25) is 19.3 Å². The number of amides is 3. The molecule has 0 unspecified atom stereocenters. The standard InChI is InChI=1S/C26H20Cl3N3O3/c1-15-12-19(27)10-11-21(15)31-24(33)17-8-6-16(7-9-17)13-30-23-22(29)25(34)32(26(23)35)14-18-4-2-3-5-20(18)28/h2-12,30H,13-14H2,1H3,(H,31,33). The highest BCUT2D eigenvalue weighted by Crippen LogP contribution is 2.26. The topological polar surface area (TPSA) is 78.5 Å². The molecule has 0 spiro atoms. The highest BCUT2D eigenvalue weighted by Gasteiger charge is 2.37. The van der Waals surface area contributed by atoms with Gasteiger partial charge in [0.05, 0.1) is 6.54 Å². The third-order valence-electron chi connectivity index (χ3n) is 5.52. The van der Waals surface area contributed by atoms with Crippen molar-refractivity contribution in [3.05, 3.63) is 110 Å². The van der Waals surface area contributed by atoms with Crippen LogP contribution in [0.25, 0.3) is 0 Å². The van der Waals surface area contributed by atoms with Gasteiger partial charge >= 0.3 is 0 Å². The Kier molecular flexibility index (Phi) is 7.45. The Labute approximate surface area is 217 Å². The molecule has 1 heterocycles. The minimum atomic E-state index is -0.580. The van der Waals surface area contributed by atoms with E-state index in [4.69, 9.17) is 34.8 Å². The minimum Gasteiger partial charge on any atom is -0.375 e. The molecule has 0 aromatic heterocycles. The molecule has 3 aromatic carbocycles. The molecule has 0 bridgehead atoms. The highest BCUT2D eigenvalue weighted by molar-refractivity contribution is 6.47. The number of nitrogens with zero attached hydrogens (tertiary/aromatic N) is 1. The predicted octanol–water partition coefficient (Wildman–Crippen LogP) is 5.66. The van der Waals surface area contributed by atoms with Crippen LogP contribution in [0.2, 0.25) is 10.0 Å². The summed E-state index contributed by atoms with van der Waals surface area (Å²) in [5.74, 6) is -1.36. The summed E-state index contributed by atoms with van der Waals surface area (Å²) in [5.41, 5.74) is 3.48. The molecule has 2 N–H and O–H groups in total. The monoisotopic (exact) mass is 527 g/mol. The number of hydrogen-bond acceptors (Lipinski definition) is 4. The van der Waals surface area contributed by atoms with Gasteiger partial charge in [0.15, 0.2) is 0 Å². The van der Waals surface area contributed by atoms with E-state index in [1.807, 2.05) is 6.92 Å². The first kappa shape index (κ1) is 24.8. The van der Waals surface area contributed by atoms with E-state index in [1.54, 1.807) is 66.7 Å². The molecule has 1 aliphatic rings. The van der Waals surface area contributed by atoms with Gasteiger partial charge in [-0.05, 0) is 60.0 Å². The van der Waals surface area contributed by atoms with Gasteiger partial charge in [0.1, 0.15) is 10.7 Å². The maximum Gasteiger partial charge on any atom is 0.278 e. The van der Waals surface area contributed by atoms with Gasteiger partial charge in [-0.2, -0.15) is 0 Å². The van der Waals surface area contributed by atoms with E-state index in [2.05, 4.69) is 10.6 Å². The first-order valence-electron chi connectivity index (χ1n) is 10.6. The van der Waals surface area contributed by atoms with Gasteiger partial charge < -0.3 is 10.6 Å². The van der Waals surface area contributed by atoms with Crippen LogP contribution in [0, 0.1) is 6.92 Å². The molecule has 4 rings (SSSR count). The average molecular weight is 529 g/mol. The largest absolute Gasteiger partial charge is 0.375 e. The molecule has 35 heavy (non-hydrogen) atoms. The number of benzene rings is 3. The van der Waals surface area contributed by atoms with Crippen molar-refractivity contribution in [3.63, 3.8) is 0 Å². The lowest BCUT2D eigenvalue weighted by atomic mass is 10.1. The second kappa shape index (κ2) is 10.5. The van der Waals surface area contributed by atoms with Crippen LogP contribution in [0.1, 0.15) is 27.0 Å². The molecule has 0 fully saturated rings. The Morgan fingerprint density at radius 2 is 1.63 bits per heavy atom. The molecular formula is C26H20Cl3N3O3. The maximum atomic E-state index is 12.8. The summed E-state index contributed by atoms with van der Waals surface area (Å²) < 4.78 is 0. The zero-order chi connectivity index (χ0) is 25.1. The lowest BCUT2D eigenvalue weighted by Gasteiger charge is -2.16. The van der Waals surface area contributed by atoms with Crippen LogP contribution in [0.4, 0.5) is 5.69 Å². The number of imide groups is 1. The SMILES string of the molecule is Cc1cc(Cl)ccc1NC(=O)c1ccc(CNC2=C(Cl)C(=O)N(Cc3ccccc3Cl)C2=O)cc1. The summed E-state index contributed by atoms with van der Waals surface area (Å²) in [6.45, 7) is 2.12. The number of carbonyl (C=O) groups excluding carboxylic acids is 3. The lowest BCUT2D eigenvalue weighted by Crippen LogP contribution is -2.33. The van der Waals surface area contributed by atoms with Gasteiger partial charge in [-0.25, -0.2) is 0 Å². The van der Waals surface area contributed by atoms with E-state index in [1.165, 1.54) is 0 Å². The molecule has 0 aliphatic carbocycles. The molecule has 178 valence electrons. The number of aryl methyl sites for hydroxylation is 1. The normalized spacial score (nSPS) is 13.4. The second-order valence-electron chi connectivity index (χ2n) is 7.94. The fourth-order valence-electron chi connectivity index (χ4n) is 3.57. The summed E-state index contributed by atoms with van der Waals surface area (Å²) in [7, 11) is 0. The Balaban J connectivity index is 1.38. The van der Waals surface area contributed by atoms with Crippen molar-refractivity contribution in [3.8, 4) is 0 Å². The predicted molar refractivity (Wildman–Crippen MR) is 137 cm³/mol. The summed E-state index contributed by atoms with van der Waals surface area (Å²) in [6.07, 6.45) is 0. The van der Waals surface area contributed by atoms with Gasteiger partial charge in [-0.15, -0.1) is 0 Å². The van der Waals surface area contributed by atoms with Gasteiger partial charge in [0.25, 0.3) is 17.7 Å². The molecule has 0 radical (unpaired) electrons. The summed E-state index contributed by atoms with van der Waals surface area (Å²) >= 11 is 18.3. The molecule has 0 saturated carbocycles. The lowest BCUT2D eigenvalue weighted by molar-refractivity contribution is -0.138. The number of rotatable bonds is 7. The first-order valence-corrected chi connectivity index (χ1v) is 11.8. The van der Waals surface area contributed by atoms with Gasteiger partial charge in [-0.1, -0.05) is 65.1 Å². The molecule has 0 saturated heterocycles. The molecule has 6 nitrogen and oxygen atoms in total. The third-order valence-corrected chi connectivity index (χ3v) is 6.47. The molecule has 9 heteroatoms. The van der Waals surface area contributed by atoms with E-state index in [0.29, 0.717) is 26.9 Å². The van der Waals surface area contributed by atoms with Crippen LogP contribution < -0.4 is 10.6 Å². The number of anilines is 1. The fraction of sp³-hybridized carbons (Fsp3) is 0.115. The van der Waals surface area contributed by atoms with Crippen molar-refractivity contribution in [1.29, 1.82) is 0 Å². The highest BCUT2D eigenvalue weighted by atomic mass is 35.5. The maximum absolute atomic E-state index is 12.8. The van der Waals surface area contributed by atoms with E-state index in [0.717, 1.165) is 16.0 Å². The fourth-order valence-corrected chi connectivity index (χ4v) is 4.24. The quantitative estimate of drug-likeness (QED) is 0.388. The Hall–Kier alpha value is -3.32. The van der Waals surface area contributed by atoms with Crippen LogP contribution in [0.5, 0.6) is 0 Å². The Bertz CT molecular complexity index is 1350. The zero-order valence-corrected chi connectivity index (χ0v) is 20.8. The molecule has 1 aliphatic heterocycles.